The van der Waals surface area contributed by atoms with Gasteiger partial charge in [0, 0.05) is 38.2 Å². The van der Waals surface area contributed by atoms with Gasteiger partial charge in [-0.15, -0.1) is 0 Å². The third-order valence-electron chi connectivity index (χ3n) is 5.46. The van der Waals surface area contributed by atoms with Crippen molar-refractivity contribution in [3.8, 4) is 0 Å². The van der Waals surface area contributed by atoms with Gasteiger partial charge >= 0.3 is 0 Å². The van der Waals surface area contributed by atoms with E-state index in [1.54, 1.807) is 66.3 Å². The van der Waals surface area contributed by atoms with E-state index in [4.69, 9.17) is 0 Å². The molecule has 2 N–H and O–H groups in total. The number of carbonyl (C=O) groups excluding carboxylic acids is 1. The Hall–Kier alpha value is -2.75. The minimum Gasteiger partial charge on any atom is -0.390 e. The van der Waals surface area contributed by atoms with Crippen molar-refractivity contribution in [1.29, 1.82) is 0 Å². The Labute approximate surface area is 175 Å². The number of hydrogen-bond donors (Lipinski definition) is 2. The first-order valence-corrected chi connectivity index (χ1v) is 11.2. The number of sulfonamides is 1. The van der Waals surface area contributed by atoms with Gasteiger partial charge in [-0.2, -0.15) is 4.31 Å². The predicted octanol–water partition coefficient (Wildman–Crippen LogP) is 1.80. The summed E-state index contributed by atoms with van der Waals surface area (Å²) in [6, 6.07) is 10.00. The highest BCUT2D eigenvalue weighted by Crippen LogP contribution is 2.26. The molecule has 8 nitrogen and oxygen atoms in total. The van der Waals surface area contributed by atoms with E-state index in [9.17, 15) is 18.3 Å². The monoisotopic (exact) mass is 428 g/mol. The van der Waals surface area contributed by atoms with Gasteiger partial charge in [0.1, 0.15) is 5.65 Å². The molecule has 158 valence electrons. The summed E-state index contributed by atoms with van der Waals surface area (Å²) < 4.78 is 28.8. The minimum absolute atomic E-state index is 0.213. The predicted molar refractivity (Wildman–Crippen MR) is 111 cm³/mol. The van der Waals surface area contributed by atoms with Gasteiger partial charge in [0.25, 0.3) is 5.91 Å². The van der Waals surface area contributed by atoms with Crippen LogP contribution < -0.4 is 5.32 Å². The number of piperidine rings is 1. The Bertz CT molecular complexity index is 1160. The first-order chi connectivity index (χ1) is 14.2. The number of nitrogens with one attached hydrogen (secondary N) is 1. The molecule has 4 rings (SSSR count). The fraction of sp³-hybridized carbons (Fsp3) is 0.333. The van der Waals surface area contributed by atoms with E-state index in [2.05, 4.69) is 10.3 Å². The van der Waals surface area contributed by atoms with Crippen LogP contribution in [0.4, 0.5) is 0 Å². The first kappa shape index (κ1) is 20.5. The van der Waals surface area contributed by atoms with Gasteiger partial charge in [-0.1, -0.05) is 12.1 Å². The lowest BCUT2D eigenvalue weighted by Crippen LogP contribution is -2.45. The molecule has 9 heteroatoms. The van der Waals surface area contributed by atoms with Crippen LogP contribution in [0.2, 0.25) is 0 Å². The van der Waals surface area contributed by atoms with Crippen molar-refractivity contribution in [3.63, 3.8) is 0 Å². The Kier molecular flexibility index (Phi) is 5.35. The number of benzene rings is 1. The van der Waals surface area contributed by atoms with E-state index >= 15 is 0 Å². The standard InChI is InChI=1S/C21H24N4O4S/c1-21(27)8-11-25(12-9-21)30(28,29)18-5-2-16(3-6-18)14-23-20(26)17-4-7-19-22-10-13-24(19)15-17/h2-7,10,13,15,27H,8-9,11-12,14H2,1H3,(H,23,26). The van der Waals surface area contributed by atoms with Crippen LogP contribution in [0.3, 0.4) is 0 Å². The van der Waals surface area contributed by atoms with Gasteiger partial charge in [0.05, 0.1) is 16.1 Å². The molecule has 1 saturated heterocycles. The van der Waals surface area contributed by atoms with Gasteiger partial charge in [0.2, 0.25) is 10.0 Å². The van der Waals surface area contributed by atoms with E-state index in [1.807, 2.05) is 0 Å². The number of rotatable bonds is 5. The van der Waals surface area contributed by atoms with Crippen molar-refractivity contribution in [2.45, 2.75) is 36.8 Å². The SMILES string of the molecule is CC1(O)CCN(S(=O)(=O)c2ccc(CNC(=O)c3ccc4nccn4c3)cc2)CC1. The molecule has 3 heterocycles. The van der Waals surface area contributed by atoms with Crippen LogP contribution in [0, 0.1) is 0 Å². The Balaban J connectivity index is 1.39. The van der Waals surface area contributed by atoms with Crippen molar-refractivity contribution >= 4 is 21.6 Å². The van der Waals surface area contributed by atoms with Crippen LogP contribution in [0.5, 0.6) is 0 Å². The molecule has 0 saturated carbocycles. The number of nitrogens with zero attached hydrogens (tertiary/aromatic N) is 3. The molecule has 1 aromatic carbocycles. The summed E-state index contributed by atoms with van der Waals surface area (Å²) in [4.78, 5) is 16.8. The fourth-order valence-electron chi connectivity index (χ4n) is 3.48. The van der Waals surface area contributed by atoms with Crippen molar-refractivity contribution in [1.82, 2.24) is 19.0 Å². The maximum Gasteiger partial charge on any atom is 0.253 e. The van der Waals surface area contributed by atoms with Gasteiger partial charge in [-0.3, -0.25) is 4.79 Å². The Morgan fingerprint density at radius 3 is 2.57 bits per heavy atom. The molecule has 0 atom stereocenters. The molecular weight excluding hydrogens is 404 g/mol. The summed E-state index contributed by atoms with van der Waals surface area (Å²) in [5.74, 6) is -0.220. The third-order valence-corrected chi connectivity index (χ3v) is 7.38. The average molecular weight is 429 g/mol. The van der Waals surface area contributed by atoms with Gasteiger partial charge < -0.3 is 14.8 Å². The largest absolute Gasteiger partial charge is 0.390 e. The number of carbonyl (C=O) groups is 1. The lowest BCUT2D eigenvalue weighted by Gasteiger charge is -2.34. The number of pyridine rings is 1. The summed E-state index contributed by atoms with van der Waals surface area (Å²) in [7, 11) is -3.59. The van der Waals surface area contributed by atoms with Crippen LogP contribution in [-0.2, 0) is 16.6 Å². The molecule has 1 aliphatic rings. The van der Waals surface area contributed by atoms with Gasteiger partial charge in [-0.25, -0.2) is 13.4 Å². The Morgan fingerprint density at radius 2 is 1.87 bits per heavy atom. The molecule has 0 bridgehead atoms. The molecule has 1 fully saturated rings. The van der Waals surface area contributed by atoms with E-state index < -0.39 is 15.6 Å². The molecule has 1 aliphatic heterocycles. The number of imidazole rings is 1. The maximum absolute atomic E-state index is 12.8. The highest BCUT2D eigenvalue weighted by molar-refractivity contribution is 7.89. The topological polar surface area (TPSA) is 104 Å². The third kappa shape index (κ3) is 4.23. The molecule has 0 spiro atoms. The summed E-state index contributed by atoms with van der Waals surface area (Å²) >= 11 is 0. The first-order valence-electron chi connectivity index (χ1n) is 9.77. The molecular formula is C21H24N4O4S. The lowest BCUT2D eigenvalue weighted by atomic mass is 9.95. The lowest BCUT2D eigenvalue weighted by molar-refractivity contribution is 0.0126. The van der Waals surface area contributed by atoms with Crippen molar-refractivity contribution < 1.29 is 18.3 Å². The van der Waals surface area contributed by atoms with Gasteiger partial charge in [0.15, 0.2) is 0 Å². The summed E-state index contributed by atoms with van der Waals surface area (Å²) in [6.07, 6.45) is 5.99. The van der Waals surface area contributed by atoms with Crippen LogP contribution in [0.15, 0.2) is 59.9 Å². The van der Waals surface area contributed by atoms with E-state index in [0.29, 0.717) is 31.5 Å². The fourth-order valence-corrected chi connectivity index (χ4v) is 4.92. The van der Waals surface area contributed by atoms with Crippen LogP contribution in [0.25, 0.3) is 5.65 Å². The highest BCUT2D eigenvalue weighted by atomic mass is 32.2. The number of fused-ring (bicyclic) bond motifs is 1. The van der Waals surface area contributed by atoms with Crippen LogP contribution in [0.1, 0.15) is 35.7 Å². The number of amides is 1. The zero-order valence-corrected chi connectivity index (χ0v) is 17.5. The number of aromatic nitrogens is 2. The molecule has 2 aromatic heterocycles. The summed E-state index contributed by atoms with van der Waals surface area (Å²) in [6.45, 7) is 2.62. The van der Waals surface area contributed by atoms with Crippen molar-refractivity contribution in [3.05, 3.63) is 66.1 Å². The van der Waals surface area contributed by atoms with Gasteiger partial charge in [-0.05, 0) is 49.6 Å². The van der Waals surface area contributed by atoms with Crippen molar-refractivity contribution in [2.24, 2.45) is 0 Å². The maximum atomic E-state index is 12.8. The molecule has 3 aromatic rings. The Morgan fingerprint density at radius 1 is 1.17 bits per heavy atom. The van der Waals surface area contributed by atoms with Crippen LogP contribution in [-0.4, -0.2) is 51.8 Å². The van der Waals surface area contributed by atoms with Crippen molar-refractivity contribution in [2.75, 3.05) is 13.1 Å². The molecule has 30 heavy (non-hydrogen) atoms. The second-order valence-electron chi connectivity index (χ2n) is 7.84. The molecule has 1 amide bonds. The minimum atomic E-state index is -3.59. The summed E-state index contributed by atoms with van der Waals surface area (Å²) in [5.41, 5.74) is 1.27. The quantitative estimate of drug-likeness (QED) is 0.645. The zero-order valence-electron chi connectivity index (χ0n) is 16.7. The summed E-state index contributed by atoms with van der Waals surface area (Å²) in [5, 5.41) is 12.9. The second kappa shape index (κ2) is 7.82. The molecule has 0 unspecified atom stereocenters. The normalized spacial score (nSPS) is 17.1. The second-order valence-corrected chi connectivity index (χ2v) is 9.78. The smallest absolute Gasteiger partial charge is 0.253 e. The molecule has 0 aliphatic carbocycles. The van der Waals surface area contributed by atoms with E-state index in [0.717, 1.165) is 11.2 Å². The number of aliphatic hydroxyl groups is 1. The average Bonchev–Trinajstić information content (AvgIpc) is 3.20. The van der Waals surface area contributed by atoms with Crippen LogP contribution >= 0.6 is 0 Å². The zero-order chi connectivity index (χ0) is 21.4. The van der Waals surface area contributed by atoms with E-state index in [1.165, 1.54) is 4.31 Å². The highest BCUT2D eigenvalue weighted by Gasteiger charge is 2.33. The molecule has 0 radical (unpaired) electrons. The van der Waals surface area contributed by atoms with E-state index in [-0.39, 0.29) is 17.3 Å². The number of hydrogen-bond acceptors (Lipinski definition) is 5.